The lowest BCUT2D eigenvalue weighted by Crippen LogP contribution is -2.04. The predicted octanol–water partition coefficient (Wildman–Crippen LogP) is 4.86. The van der Waals surface area contributed by atoms with Crippen LogP contribution in [0.4, 0.5) is 0 Å². The number of rotatable bonds is 8. The average Bonchev–Trinajstić information content (AvgIpc) is 2.53. The number of unbranched alkanes of at least 4 members (excludes halogenated alkanes) is 1. The molecule has 23 heavy (non-hydrogen) atoms. The van der Waals surface area contributed by atoms with Crippen molar-refractivity contribution in [2.24, 2.45) is 0 Å². The number of methoxy groups -OCH3 is 1. The van der Waals surface area contributed by atoms with Crippen LogP contribution in [0.25, 0.3) is 0 Å². The van der Waals surface area contributed by atoms with Crippen LogP contribution in [0.15, 0.2) is 36.4 Å². The third-order valence-electron chi connectivity index (χ3n) is 3.77. The molecule has 2 rings (SSSR count). The van der Waals surface area contributed by atoms with Crippen molar-refractivity contribution >= 4 is 0 Å². The van der Waals surface area contributed by atoms with Gasteiger partial charge in [0.2, 0.25) is 0 Å². The fraction of sp³-hybridized carbons (Fsp3) is 0.400. The maximum atomic E-state index is 5.83. The van der Waals surface area contributed by atoms with E-state index in [1.165, 1.54) is 11.1 Å². The van der Waals surface area contributed by atoms with Gasteiger partial charge in [-0.05, 0) is 69.0 Å². The van der Waals surface area contributed by atoms with Crippen molar-refractivity contribution in [3.05, 3.63) is 53.1 Å². The number of ether oxygens (including phenoxy) is 3. The molecule has 0 heterocycles. The Balaban J connectivity index is 1.68. The van der Waals surface area contributed by atoms with E-state index in [0.29, 0.717) is 6.61 Å². The van der Waals surface area contributed by atoms with Gasteiger partial charge in [0, 0.05) is 0 Å². The van der Waals surface area contributed by atoms with Crippen LogP contribution >= 0.6 is 0 Å². The van der Waals surface area contributed by atoms with Gasteiger partial charge in [0.1, 0.15) is 17.2 Å². The van der Waals surface area contributed by atoms with E-state index in [0.717, 1.165) is 42.3 Å². The number of aryl methyl sites for hydroxylation is 3. The van der Waals surface area contributed by atoms with Gasteiger partial charge in [-0.15, -0.1) is 0 Å². The monoisotopic (exact) mass is 314 g/mol. The zero-order valence-corrected chi connectivity index (χ0v) is 14.5. The zero-order chi connectivity index (χ0) is 16.7. The van der Waals surface area contributed by atoms with Gasteiger partial charge in [0.25, 0.3) is 0 Å². The summed E-state index contributed by atoms with van der Waals surface area (Å²) in [6.45, 7) is 7.62. The molecule has 0 unspecified atom stereocenters. The Labute approximate surface area is 139 Å². The quantitative estimate of drug-likeness (QED) is 0.651. The highest BCUT2D eigenvalue weighted by Gasteiger charge is 2.02. The molecule has 0 bridgehead atoms. The molecule has 0 radical (unpaired) electrons. The Kier molecular flexibility index (Phi) is 6.33. The van der Waals surface area contributed by atoms with Crippen molar-refractivity contribution in [3.8, 4) is 17.2 Å². The summed E-state index contributed by atoms with van der Waals surface area (Å²) in [7, 11) is 1.67. The smallest absolute Gasteiger partial charge is 0.122 e. The number of hydrogen-bond donors (Lipinski definition) is 0. The lowest BCUT2D eigenvalue weighted by molar-refractivity contribution is 0.264. The van der Waals surface area contributed by atoms with Crippen LogP contribution in [0.1, 0.15) is 29.5 Å². The molecule has 0 amide bonds. The summed E-state index contributed by atoms with van der Waals surface area (Å²) < 4.78 is 16.8. The molecule has 0 saturated heterocycles. The Bertz CT molecular complexity index is 635. The van der Waals surface area contributed by atoms with Crippen molar-refractivity contribution in [3.63, 3.8) is 0 Å². The predicted molar refractivity (Wildman–Crippen MR) is 93.9 cm³/mol. The molecule has 2 aromatic carbocycles. The lowest BCUT2D eigenvalue weighted by atomic mass is 10.1. The number of benzene rings is 2. The van der Waals surface area contributed by atoms with Gasteiger partial charge in [-0.3, -0.25) is 0 Å². The van der Waals surface area contributed by atoms with E-state index in [-0.39, 0.29) is 0 Å². The molecule has 0 N–H and O–H groups in total. The molecular formula is C20H26O3. The first kappa shape index (κ1) is 17.2. The fourth-order valence-electron chi connectivity index (χ4n) is 2.44. The van der Waals surface area contributed by atoms with Crippen molar-refractivity contribution in [1.29, 1.82) is 0 Å². The Hall–Kier alpha value is -2.16. The van der Waals surface area contributed by atoms with Gasteiger partial charge in [0.05, 0.1) is 20.3 Å². The lowest BCUT2D eigenvalue weighted by Gasteiger charge is -2.11. The maximum Gasteiger partial charge on any atom is 0.122 e. The van der Waals surface area contributed by atoms with Crippen LogP contribution in [-0.4, -0.2) is 20.3 Å². The fourth-order valence-corrected chi connectivity index (χ4v) is 2.44. The van der Waals surface area contributed by atoms with E-state index in [4.69, 9.17) is 14.2 Å². The highest BCUT2D eigenvalue weighted by Crippen LogP contribution is 2.23. The summed E-state index contributed by atoms with van der Waals surface area (Å²) in [6, 6.07) is 12.1. The largest absolute Gasteiger partial charge is 0.497 e. The van der Waals surface area contributed by atoms with Gasteiger partial charge < -0.3 is 14.2 Å². The van der Waals surface area contributed by atoms with Crippen molar-refractivity contribution in [2.75, 3.05) is 20.3 Å². The zero-order valence-electron chi connectivity index (χ0n) is 14.5. The van der Waals surface area contributed by atoms with Crippen molar-refractivity contribution in [1.82, 2.24) is 0 Å². The Morgan fingerprint density at radius 1 is 0.739 bits per heavy atom. The standard InChI is InChI=1S/C20H26O3/c1-15-7-9-19(16(2)13-15)22-11-5-6-12-23-20-10-8-18(21-4)14-17(20)3/h7-10,13-14H,5-6,11-12H2,1-4H3. The van der Waals surface area contributed by atoms with Gasteiger partial charge >= 0.3 is 0 Å². The molecule has 0 aliphatic carbocycles. The third-order valence-corrected chi connectivity index (χ3v) is 3.77. The van der Waals surface area contributed by atoms with Crippen molar-refractivity contribution < 1.29 is 14.2 Å². The molecule has 0 saturated carbocycles. The minimum absolute atomic E-state index is 0.698. The molecule has 0 fully saturated rings. The molecule has 0 spiro atoms. The minimum Gasteiger partial charge on any atom is -0.497 e. The SMILES string of the molecule is COc1ccc(OCCCCOc2ccc(C)cc2C)c(C)c1. The second kappa shape index (κ2) is 8.47. The summed E-state index contributed by atoms with van der Waals surface area (Å²) in [5.74, 6) is 2.75. The molecule has 0 aliphatic heterocycles. The molecular weight excluding hydrogens is 288 g/mol. The van der Waals surface area contributed by atoms with Crippen LogP contribution in [0.3, 0.4) is 0 Å². The normalized spacial score (nSPS) is 10.4. The van der Waals surface area contributed by atoms with Crippen molar-refractivity contribution in [2.45, 2.75) is 33.6 Å². The molecule has 3 heteroatoms. The van der Waals surface area contributed by atoms with E-state index in [1.807, 2.05) is 31.2 Å². The molecule has 0 aromatic heterocycles. The van der Waals surface area contributed by atoms with Gasteiger partial charge in [-0.2, -0.15) is 0 Å². The van der Waals surface area contributed by atoms with E-state index in [2.05, 4.69) is 26.0 Å². The number of hydrogen-bond acceptors (Lipinski definition) is 3. The van der Waals surface area contributed by atoms with Crippen LogP contribution in [0, 0.1) is 20.8 Å². The van der Waals surface area contributed by atoms with E-state index in [9.17, 15) is 0 Å². The summed E-state index contributed by atoms with van der Waals surface area (Å²) in [5.41, 5.74) is 3.55. The molecule has 124 valence electrons. The van der Waals surface area contributed by atoms with Crippen LogP contribution in [-0.2, 0) is 0 Å². The Morgan fingerprint density at radius 3 is 1.83 bits per heavy atom. The summed E-state index contributed by atoms with van der Waals surface area (Å²) in [6.07, 6.45) is 1.94. The summed E-state index contributed by atoms with van der Waals surface area (Å²) in [4.78, 5) is 0. The van der Waals surface area contributed by atoms with Crippen LogP contribution in [0.5, 0.6) is 17.2 Å². The second-order valence-electron chi connectivity index (χ2n) is 5.80. The molecule has 0 atom stereocenters. The first-order chi connectivity index (χ1) is 11.1. The van der Waals surface area contributed by atoms with Gasteiger partial charge in [-0.1, -0.05) is 17.7 Å². The maximum absolute atomic E-state index is 5.83. The van der Waals surface area contributed by atoms with E-state index >= 15 is 0 Å². The first-order valence-corrected chi connectivity index (χ1v) is 8.07. The first-order valence-electron chi connectivity index (χ1n) is 8.07. The van der Waals surface area contributed by atoms with E-state index < -0.39 is 0 Å². The van der Waals surface area contributed by atoms with E-state index in [1.54, 1.807) is 7.11 Å². The average molecular weight is 314 g/mol. The third kappa shape index (κ3) is 5.20. The highest BCUT2D eigenvalue weighted by atomic mass is 16.5. The molecule has 0 aliphatic rings. The second-order valence-corrected chi connectivity index (χ2v) is 5.80. The van der Waals surface area contributed by atoms with Gasteiger partial charge in [-0.25, -0.2) is 0 Å². The molecule has 3 nitrogen and oxygen atoms in total. The summed E-state index contributed by atoms with van der Waals surface area (Å²) >= 11 is 0. The van der Waals surface area contributed by atoms with Crippen LogP contribution in [0.2, 0.25) is 0 Å². The topological polar surface area (TPSA) is 27.7 Å². The summed E-state index contributed by atoms with van der Waals surface area (Å²) in [5, 5.41) is 0. The van der Waals surface area contributed by atoms with Crippen LogP contribution < -0.4 is 14.2 Å². The van der Waals surface area contributed by atoms with Gasteiger partial charge in [0.15, 0.2) is 0 Å². The Morgan fingerprint density at radius 2 is 1.30 bits per heavy atom. The highest BCUT2D eigenvalue weighted by molar-refractivity contribution is 5.39. The molecule has 2 aromatic rings. The minimum atomic E-state index is 0.698.